The van der Waals surface area contributed by atoms with Gasteiger partial charge >= 0.3 is 5.97 Å². The van der Waals surface area contributed by atoms with Gasteiger partial charge in [-0.2, -0.15) is 0 Å². The highest BCUT2D eigenvalue weighted by molar-refractivity contribution is 5.85. The van der Waals surface area contributed by atoms with Crippen molar-refractivity contribution in [2.75, 3.05) is 27.7 Å². The van der Waals surface area contributed by atoms with Crippen molar-refractivity contribution in [3.05, 3.63) is 30.1 Å². The number of quaternary nitrogens is 1. The molecule has 7 heteroatoms. The molecule has 0 fully saturated rings. The van der Waals surface area contributed by atoms with Gasteiger partial charge in [-0.1, -0.05) is 6.07 Å². The summed E-state index contributed by atoms with van der Waals surface area (Å²) in [7, 11) is 5.72. The number of pyridine rings is 1. The zero-order valence-electron chi connectivity index (χ0n) is 11.8. The maximum Gasteiger partial charge on any atom is 0.306 e. The first-order valence-electron chi connectivity index (χ1n) is 5.93. The summed E-state index contributed by atoms with van der Waals surface area (Å²) < 4.78 is 0.578. The highest BCUT2D eigenvalue weighted by Crippen LogP contribution is 1.98. The number of carbonyl (C=O) groups excluding carboxylic acids is 1. The van der Waals surface area contributed by atoms with Crippen LogP contribution in [0.4, 0.5) is 0 Å². The number of aliphatic hydroxyl groups is 1. The third kappa shape index (κ3) is 9.98. The predicted octanol–water partition coefficient (Wildman–Crippen LogP) is -1.03. The van der Waals surface area contributed by atoms with Crippen LogP contribution in [0.1, 0.15) is 16.8 Å². The second-order valence-corrected chi connectivity index (χ2v) is 5.25. The van der Waals surface area contributed by atoms with Gasteiger partial charge in [0.1, 0.15) is 12.6 Å². The quantitative estimate of drug-likeness (QED) is 0.669. The standard InChI is InChI=1S/C7H15NO3.C6H5NO2/c1-8(2,3)5-6(9)4-7(10)11;8-6(9)5-2-1-3-7-4-5/h6,9H,4-5H2,1-3H3;1-4H,(H,8,9)/t6-;/m1./s1. The zero-order chi connectivity index (χ0) is 15.8. The Morgan fingerprint density at radius 1 is 1.40 bits per heavy atom. The van der Waals surface area contributed by atoms with E-state index in [0.29, 0.717) is 11.0 Å². The lowest BCUT2D eigenvalue weighted by Crippen LogP contribution is -2.42. The van der Waals surface area contributed by atoms with Crippen molar-refractivity contribution in [3.8, 4) is 0 Å². The molecule has 0 aliphatic rings. The van der Waals surface area contributed by atoms with Gasteiger partial charge in [0.2, 0.25) is 0 Å². The number of aromatic nitrogens is 1. The fraction of sp³-hybridized carbons (Fsp3) is 0.462. The van der Waals surface area contributed by atoms with Gasteiger partial charge in [0.25, 0.3) is 0 Å². The second-order valence-electron chi connectivity index (χ2n) is 5.25. The molecule has 0 saturated heterocycles. The fourth-order valence-corrected chi connectivity index (χ4v) is 1.38. The van der Waals surface area contributed by atoms with Gasteiger partial charge in [-0.3, -0.25) is 9.78 Å². The lowest BCUT2D eigenvalue weighted by Gasteiger charge is -2.25. The molecule has 112 valence electrons. The van der Waals surface area contributed by atoms with Gasteiger partial charge in [0, 0.05) is 18.0 Å². The molecule has 0 aromatic carbocycles. The topological polar surface area (TPSA) is 111 Å². The van der Waals surface area contributed by atoms with Crippen LogP contribution in [0.2, 0.25) is 0 Å². The summed E-state index contributed by atoms with van der Waals surface area (Å²) >= 11 is 0. The van der Waals surface area contributed by atoms with E-state index in [9.17, 15) is 14.7 Å². The van der Waals surface area contributed by atoms with E-state index in [2.05, 4.69) is 4.98 Å². The molecule has 0 radical (unpaired) electrons. The molecule has 0 spiro atoms. The van der Waals surface area contributed by atoms with Crippen LogP contribution in [0.3, 0.4) is 0 Å². The van der Waals surface area contributed by atoms with E-state index in [1.165, 1.54) is 18.5 Å². The number of carboxylic acid groups (broad SMARTS) is 2. The zero-order valence-corrected chi connectivity index (χ0v) is 11.8. The third-order valence-electron chi connectivity index (χ3n) is 2.07. The van der Waals surface area contributed by atoms with Crippen LogP contribution in [0.5, 0.6) is 0 Å². The molecule has 2 N–H and O–H groups in total. The van der Waals surface area contributed by atoms with Crippen molar-refractivity contribution in [3.63, 3.8) is 0 Å². The maximum atomic E-state index is 10.1. The summed E-state index contributed by atoms with van der Waals surface area (Å²) in [5.74, 6) is -2.14. The van der Waals surface area contributed by atoms with Crippen LogP contribution in [-0.4, -0.2) is 65.4 Å². The fourth-order valence-electron chi connectivity index (χ4n) is 1.38. The highest BCUT2D eigenvalue weighted by atomic mass is 16.4. The predicted molar refractivity (Wildman–Crippen MR) is 69.7 cm³/mol. The summed E-state index contributed by atoms with van der Waals surface area (Å²) in [6.07, 6.45) is 1.84. The molecule has 20 heavy (non-hydrogen) atoms. The number of hydrogen-bond donors (Lipinski definition) is 2. The molecule has 0 amide bonds. The number of carboxylic acids is 2. The van der Waals surface area contributed by atoms with E-state index >= 15 is 0 Å². The largest absolute Gasteiger partial charge is 0.545 e. The minimum absolute atomic E-state index is 0.109. The monoisotopic (exact) mass is 284 g/mol. The van der Waals surface area contributed by atoms with Crippen molar-refractivity contribution >= 4 is 11.9 Å². The van der Waals surface area contributed by atoms with Crippen LogP contribution < -0.4 is 5.11 Å². The van der Waals surface area contributed by atoms with Crippen molar-refractivity contribution in [1.82, 2.24) is 4.98 Å². The minimum Gasteiger partial charge on any atom is -0.545 e. The molecule has 1 aromatic rings. The number of carbonyl (C=O) groups is 2. The average Bonchev–Trinajstić information content (AvgIpc) is 2.27. The van der Waals surface area contributed by atoms with Gasteiger partial charge in [-0.15, -0.1) is 0 Å². The summed E-state index contributed by atoms with van der Waals surface area (Å²) in [5, 5.41) is 27.5. The highest BCUT2D eigenvalue weighted by Gasteiger charge is 2.17. The molecule has 0 aliphatic heterocycles. The van der Waals surface area contributed by atoms with Crippen molar-refractivity contribution < 1.29 is 29.4 Å². The van der Waals surface area contributed by atoms with E-state index in [-0.39, 0.29) is 12.0 Å². The van der Waals surface area contributed by atoms with Gasteiger partial charge in [0.15, 0.2) is 0 Å². The van der Waals surface area contributed by atoms with E-state index in [1.54, 1.807) is 6.07 Å². The first-order valence-corrected chi connectivity index (χ1v) is 5.93. The van der Waals surface area contributed by atoms with Crippen LogP contribution >= 0.6 is 0 Å². The number of rotatable bonds is 5. The molecule has 0 unspecified atom stereocenters. The van der Waals surface area contributed by atoms with E-state index < -0.39 is 18.0 Å². The van der Waals surface area contributed by atoms with Crippen LogP contribution in [-0.2, 0) is 4.79 Å². The summed E-state index contributed by atoms with van der Waals surface area (Å²) in [6, 6.07) is 2.98. The number of likely N-dealkylation sites (N-methyl/N-ethyl adjacent to an activating group) is 1. The molecule has 1 aromatic heterocycles. The number of nitrogens with zero attached hydrogens (tertiary/aromatic N) is 2. The smallest absolute Gasteiger partial charge is 0.306 e. The Labute approximate surface area is 117 Å². The van der Waals surface area contributed by atoms with Crippen LogP contribution in [0, 0.1) is 0 Å². The molecule has 1 atom stereocenters. The summed E-state index contributed by atoms with van der Waals surface area (Å²) in [4.78, 5) is 23.8. The first kappa shape index (κ1) is 18.0. The van der Waals surface area contributed by atoms with Gasteiger partial charge in [0.05, 0.1) is 33.5 Å². The molecular weight excluding hydrogens is 264 g/mol. The summed E-state index contributed by atoms with van der Waals surface area (Å²) in [5.41, 5.74) is 0.109. The van der Waals surface area contributed by atoms with Crippen molar-refractivity contribution in [2.24, 2.45) is 0 Å². The van der Waals surface area contributed by atoms with Gasteiger partial charge in [-0.05, 0) is 6.07 Å². The second kappa shape index (κ2) is 8.23. The number of aliphatic carboxylic acids is 1. The Morgan fingerprint density at radius 2 is 2.00 bits per heavy atom. The van der Waals surface area contributed by atoms with Crippen LogP contribution in [0.15, 0.2) is 24.5 Å². The molecular formula is C13H20N2O5. The van der Waals surface area contributed by atoms with Crippen LogP contribution in [0.25, 0.3) is 0 Å². The maximum absolute atomic E-state index is 10.1. The van der Waals surface area contributed by atoms with Gasteiger partial charge in [-0.25, -0.2) is 0 Å². The number of aliphatic hydroxyl groups excluding tert-OH is 1. The normalized spacial score (nSPS) is 12.0. The Kier molecular flexibility index (Phi) is 7.42. The molecule has 0 bridgehead atoms. The summed E-state index contributed by atoms with van der Waals surface area (Å²) in [6.45, 7) is 0.465. The Morgan fingerprint density at radius 3 is 2.30 bits per heavy atom. The van der Waals surface area contributed by atoms with Crippen molar-refractivity contribution in [1.29, 1.82) is 0 Å². The Hall–Kier alpha value is -1.99. The van der Waals surface area contributed by atoms with E-state index in [1.807, 2.05) is 21.1 Å². The third-order valence-corrected chi connectivity index (χ3v) is 2.07. The Bertz CT molecular complexity index is 428. The molecule has 1 heterocycles. The average molecular weight is 284 g/mol. The Balaban J connectivity index is 0.000000367. The van der Waals surface area contributed by atoms with Crippen molar-refractivity contribution in [2.45, 2.75) is 12.5 Å². The minimum atomic E-state index is -1.19. The first-order chi connectivity index (χ1) is 9.11. The number of hydrogen-bond acceptors (Lipinski definition) is 5. The van der Waals surface area contributed by atoms with E-state index in [4.69, 9.17) is 10.2 Å². The molecule has 0 aliphatic carbocycles. The molecule has 1 rings (SSSR count). The van der Waals surface area contributed by atoms with E-state index in [0.717, 1.165) is 0 Å². The molecule has 7 nitrogen and oxygen atoms in total. The SMILES string of the molecule is C[N+](C)(C)C[C@H](O)CC(=O)O.O=C([O-])c1cccnc1. The molecule has 0 saturated carbocycles. The van der Waals surface area contributed by atoms with Gasteiger partial charge < -0.3 is 24.6 Å². The lowest BCUT2D eigenvalue weighted by atomic mass is 10.2. The number of aromatic carboxylic acids is 1. The lowest BCUT2D eigenvalue weighted by molar-refractivity contribution is -0.873.